The molecule has 0 amide bonds. The van der Waals surface area contributed by atoms with E-state index in [1.165, 1.54) is 32.1 Å². The molecular formula is C15H21BrN2OS. The Morgan fingerprint density at radius 3 is 2.65 bits per heavy atom. The van der Waals surface area contributed by atoms with Crippen molar-refractivity contribution in [2.24, 2.45) is 5.73 Å². The summed E-state index contributed by atoms with van der Waals surface area (Å²) < 4.78 is 0.918. The molecule has 0 aliphatic heterocycles. The van der Waals surface area contributed by atoms with E-state index in [1.54, 1.807) is 0 Å². The first-order valence-corrected chi connectivity index (χ1v) is 8.31. The van der Waals surface area contributed by atoms with Gasteiger partial charge in [-0.05, 0) is 40.9 Å². The lowest BCUT2D eigenvalue weighted by Gasteiger charge is -2.37. The standard InChI is InChI=1S/C15H21BrN2OS/c16-12-7-4-8-13(14(12)15(17)20)18(9-10-19)11-5-2-1-3-6-11/h4,7-8,11,19H,1-3,5-6,9-10H2,(H2,17,20). The Morgan fingerprint density at radius 1 is 1.35 bits per heavy atom. The number of halogens is 1. The summed E-state index contributed by atoms with van der Waals surface area (Å²) in [5.74, 6) is 0. The highest BCUT2D eigenvalue weighted by Gasteiger charge is 2.24. The highest BCUT2D eigenvalue weighted by Crippen LogP contribution is 2.32. The Labute approximate surface area is 134 Å². The zero-order valence-electron chi connectivity index (χ0n) is 11.5. The molecule has 5 heteroatoms. The molecule has 1 aliphatic carbocycles. The minimum atomic E-state index is 0.139. The number of hydrogen-bond donors (Lipinski definition) is 2. The van der Waals surface area contributed by atoms with Gasteiger partial charge in [-0.25, -0.2) is 0 Å². The molecule has 1 aliphatic rings. The number of hydrogen-bond acceptors (Lipinski definition) is 3. The Hall–Kier alpha value is -0.650. The van der Waals surface area contributed by atoms with Crippen molar-refractivity contribution in [2.45, 2.75) is 38.1 Å². The Morgan fingerprint density at radius 2 is 2.05 bits per heavy atom. The van der Waals surface area contributed by atoms with Crippen LogP contribution >= 0.6 is 28.1 Å². The van der Waals surface area contributed by atoms with Crippen LogP contribution in [0, 0.1) is 0 Å². The molecule has 0 spiro atoms. The molecule has 0 bridgehead atoms. The molecule has 0 aromatic heterocycles. The van der Waals surface area contributed by atoms with Crippen molar-refractivity contribution in [1.29, 1.82) is 0 Å². The van der Waals surface area contributed by atoms with Crippen molar-refractivity contribution in [2.75, 3.05) is 18.1 Å². The quantitative estimate of drug-likeness (QED) is 0.795. The summed E-state index contributed by atoms with van der Waals surface area (Å²) in [4.78, 5) is 2.67. The Kier molecular flexibility index (Phi) is 5.81. The van der Waals surface area contributed by atoms with E-state index in [1.807, 2.05) is 18.2 Å². The highest BCUT2D eigenvalue weighted by atomic mass is 79.9. The number of aliphatic hydroxyl groups excluding tert-OH is 1. The zero-order valence-corrected chi connectivity index (χ0v) is 13.9. The molecule has 1 saturated carbocycles. The topological polar surface area (TPSA) is 49.5 Å². The minimum absolute atomic E-state index is 0.139. The van der Waals surface area contributed by atoms with Crippen molar-refractivity contribution < 1.29 is 5.11 Å². The molecule has 3 N–H and O–H groups in total. The molecular weight excluding hydrogens is 336 g/mol. The third-order valence-electron chi connectivity index (χ3n) is 3.90. The second-order valence-electron chi connectivity index (χ2n) is 5.21. The van der Waals surface area contributed by atoms with E-state index in [4.69, 9.17) is 18.0 Å². The fraction of sp³-hybridized carbons (Fsp3) is 0.533. The maximum absolute atomic E-state index is 9.41. The fourth-order valence-electron chi connectivity index (χ4n) is 3.00. The number of anilines is 1. The highest BCUT2D eigenvalue weighted by molar-refractivity contribution is 9.10. The van der Waals surface area contributed by atoms with Gasteiger partial charge in [0.1, 0.15) is 4.99 Å². The van der Waals surface area contributed by atoms with Gasteiger partial charge in [-0.2, -0.15) is 0 Å². The van der Waals surface area contributed by atoms with Gasteiger partial charge in [-0.15, -0.1) is 0 Å². The molecule has 20 heavy (non-hydrogen) atoms. The molecule has 1 aromatic rings. The fourth-order valence-corrected chi connectivity index (χ4v) is 3.91. The van der Waals surface area contributed by atoms with E-state index in [2.05, 4.69) is 20.8 Å². The first-order chi connectivity index (χ1) is 9.65. The lowest BCUT2D eigenvalue weighted by atomic mass is 9.93. The van der Waals surface area contributed by atoms with E-state index in [0.29, 0.717) is 17.6 Å². The number of benzene rings is 1. The predicted molar refractivity (Wildman–Crippen MR) is 91.3 cm³/mol. The summed E-state index contributed by atoms with van der Waals surface area (Å²) in [6.07, 6.45) is 6.16. The summed E-state index contributed by atoms with van der Waals surface area (Å²) in [6.45, 7) is 0.760. The molecule has 0 heterocycles. The van der Waals surface area contributed by atoms with Crippen LogP contribution in [-0.2, 0) is 0 Å². The van der Waals surface area contributed by atoms with E-state index in [-0.39, 0.29) is 6.61 Å². The number of aliphatic hydroxyl groups is 1. The molecule has 0 radical (unpaired) electrons. The molecule has 3 nitrogen and oxygen atoms in total. The first-order valence-electron chi connectivity index (χ1n) is 7.11. The summed E-state index contributed by atoms with van der Waals surface area (Å²) in [6, 6.07) is 6.46. The largest absolute Gasteiger partial charge is 0.395 e. The van der Waals surface area contributed by atoms with Gasteiger partial charge >= 0.3 is 0 Å². The van der Waals surface area contributed by atoms with Crippen molar-refractivity contribution in [1.82, 2.24) is 0 Å². The van der Waals surface area contributed by atoms with Crippen LogP contribution in [0.4, 0.5) is 5.69 Å². The average Bonchev–Trinajstić information content (AvgIpc) is 2.45. The van der Waals surface area contributed by atoms with Gasteiger partial charge in [-0.1, -0.05) is 37.5 Å². The van der Waals surface area contributed by atoms with Crippen molar-refractivity contribution in [3.63, 3.8) is 0 Å². The second kappa shape index (κ2) is 7.38. The lowest BCUT2D eigenvalue weighted by Crippen LogP contribution is -2.40. The maximum Gasteiger partial charge on any atom is 0.107 e. The van der Waals surface area contributed by atoms with Gasteiger partial charge in [0.2, 0.25) is 0 Å². The maximum atomic E-state index is 9.41. The molecule has 1 aromatic carbocycles. The number of nitrogens with two attached hydrogens (primary N) is 1. The van der Waals surface area contributed by atoms with Gasteiger partial charge in [0, 0.05) is 28.3 Å². The molecule has 110 valence electrons. The summed E-state index contributed by atoms with van der Waals surface area (Å²) in [5.41, 5.74) is 7.80. The molecule has 1 fully saturated rings. The van der Waals surface area contributed by atoms with Crippen molar-refractivity contribution >= 4 is 38.8 Å². The van der Waals surface area contributed by atoms with Gasteiger partial charge in [0.25, 0.3) is 0 Å². The average molecular weight is 357 g/mol. The number of nitrogens with zero attached hydrogens (tertiary/aromatic N) is 1. The smallest absolute Gasteiger partial charge is 0.107 e. The van der Waals surface area contributed by atoms with Crippen LogP contribution in [0.3, 0.4) is 0 Å². The first kappa shape index (κ1) is 15.7. The van der Waals surface area contributed by atoms with Crippen LogP contribution in [0.15, 0.2) is 22.7 Å². The van der Waals surface area contributed by atoms with E-state index in [9.17, 15) is 5.11 Å². The van der Waals surface area contributed by atoms with Gasteiger partial charge in [0.05, 0.1) is 6.61 Å². The third-order valence-corrected chi connectivity index (χ3v) is 4.77. The molecule has 0 saturated heterocycles. The minimum Gasteiger partial charge on any atom is -0.395 e. The SMILES string of the molecule is NC(=S)c1c(Br)cccc1N(CCO)C1CCCCC1. The Bertz CT molecular complexity index is 475. The predicted octanol–water partition coefficient (Wildman–Crippen LogP) is 3.21. The van der Waals surface area contributed by atoms with Crippen LogP contribution in [0.5, 0.6) is 0 Å². The van der Waals surface area contributed by atoms with Crippen LogP contribution in [0.1, 0.15) is 37.7 Å². The van der Waals surface area contributed by atoms with Gasteiger partial charge in [-0.3, -0.25) is 0 Å². The molecule has 2 rings (SSSR count). The zero-order chi connectivity index (χ0) is 14.5. The van der Waals surface area contributed by atoms with E-state index >= 15 is 0 Å². The number of rotatable bonds is 5. The van der Waals surface area contributed by atoms with E-state index < -0.39 is 0 Å². The summed E-state index contributed by atoms with van der Waals surface area (Å²) in [5, 5.41) is 9.41. The van der Waals surface area contributed by atoms with Crippen LogP contribution in [0.25, 0.3) is 0 Å². The van der Waals surface area contributed by atoms with E-state index in [0.717, 1.165) is 15.7 Å². The number of thiocarbonyl (C=S) groups is 1. The van der Waals surface area contributed by atoms with Gasteiger partial charge < -0.3 is 15.7 Å². The monoisotopic (exact) mass is 356 g/mol. The molecule has 0 unspecified atom stereocenters. The second-order valence-corrected chi connectivity index (χ2v) is 6.50. The lowest BCUT2D eigenvalue weighted by molar-refractivity contribution is 0.290. The van der Waals surface area contributed by atoms with Gasteiger partial charge in [0.15, 0.2) is 0 Å². The van der Waals surface area contributed by atoms with Crippen LogP contribution < -0.4 is 10.6 Å². The normalized spacial score (nSPS) is 16.1. The Balaban J connectivity index is 2.38. The third kappa shape index (κ3) is 3.51. The molecule has 0 atom stereocenters. The van der Waals surface area contributed by atoms with Crippen LogP contribution in [-0.4, -0.2) is 29.3 Å². The van der Waals surface area contributed by atoms with Crippen molar-refractivity contribution in [3.05, 3.63) is 28.2 Å². The summed E-state index contributed by atoms with van der Waals surface area (Å²) >= 11 is 8.73. The van der Waals surface area contributed by atoms with Crippen LogP contribution in [0.2, 0.25) is 0 Å². The van der Waals surface area contributed by atoms with Crippen molar-refractivity contribution in [3.8, 4) is 0 Å². The summed E-state index contributed by atoms with van der Waals surface area (Å²) in [7, 11) is 0.